The Morgan fingerprint density at radius 1 is 1.27 bits per heavy atom. The average molecular weight is 417 g/mol. The minimum atomic E-state index is -0.976. The Morgan fingerprint density at radius 2 is 2.07 bits per heavy atom. The van der Waals surface area contributed by atoms with E-state index in [1.54, 1.807) is 19.1 Å². The van der Waals surface area contributed by atoms with E-state index in [-0.39, 0.29) is 42.1 Å². The van der Waals surface area contributed by atoms with Crippen molar-refractivity contribution in [3.05, 3.63) is 57.0 Å². The maximum absolute atomic E-state index is 12.7. The summed E-state index contributed by atoms with van der Waals surface area (Å²) < 4.78 is 32.5. The van der Waals surface area contributed by atoms with E-state index in [9.17, 15) is 14.7 Å². The monoisotopic (exact) mass is 417 g/mol. The predicted molar refractivity (Wildman–Crippen MR) is 100 cm³/mol. The summed E-state index contributed by atoms with van der Waals surface area (Å²) in [5.74, 6) is -1.02. The minimum Gasteiger partial charge on any atom is -0.493 e. The van der Waals surface area contributed by atoms with Gasteiger partial charge in [0.2, 0.25) is 29.6 Å². The average Bonchev–Trinajstić information content (AvgIpc) is 3.21. The number of hydrogen-bond donors (Lipinski definition) is 2. The molecule has 10 nitrogen and oxygen atoms in total. The van der Waals surface area contributed by atoms with Crippen molar-refractivity contribution in [2.45, 2.75) is 19.4 Å². The maximum Gasteiger partial charge on any atom is 0.340 e. The van der Waals surface area contributed by atoms with Crippen LogP contribution in [0.5, 0.6) is 23.0 Å². The van der Waals surface area contributed by atoms with Crippen molar-refractivity contribution in [3.63, 3.8) is 0 Å². The second-order valence-corrected chi connectivity index (χ2v) is 6.42. The lowest BCUT2D eigenvalue weighted by molar-refractivity contribution is -0.139. The first-order valence-electron chi connectivity index (χ1n) is 9.08. The first kappa shape index (κ1) is 19.6. The normalized spacial score (nSPS) is 16.7. The molecule has 30 heavy (non-hydrogen) atoms. The number of carbonyl (C=O) groups excluding carboxylic acids is 1. The third kappa shape index (κ3) is 3.11. The highest BCUT2D eigenvalue weighted by Gasteiger charge is 2.40. The molecule has 1 aromatic heterocycles. The number of benzene rings is 1. The molecule has 0 radical (unpaired) electrons. The summed E-state index contributed by atoms with van der Waals surface area (Å²) in [4.78, 5) is 25.3. The van der Waals surface area contributed by atoms with Crippen LogP contribution in [0.2, 0.25) is 0 Å². The van der Waals surface area contributed by atoms with E-state index < -0.39 is 23.9 Å². The van der Waals surface area contributed by atoms with Crippen LogP contribution in [0, 0.1) is 0 Å². The fourth-order valence-electron chi connectivity index (χ4n) is 3.42. The SMILES string of the molecule is CCOC(=O)C1=C(N)Oc2c(oc(CO)cc2=O)[C@@H]1c1cc(OC)c2c(c1)OCO2. The summed E-state index contributed by atoms with van der Waals surface area (Å²) in [6, 6.07) is 4.34. The molecule has 0 unspecified atom stereocenters. The number of hydrogen-bond acceptors (Lipinski definition) is 10. The molecule has 0 fully saturated rings. The molecule has 2 aliphatic heterocycles. The molecule has 10 heteroatoms. The van der Waals surface area contributed by atoms with Crippen LogP contribution in [0.3, 0.4) is 0 Å². The molecular weight excluding hydrogens is 398 g/mol. The summed E-state index contributed by atoms with van der Waals surface area (Å²) in [7, 11) is 1.46. The molecule has 0 saturated carbocycles. The molecule has 3 N–H and O–H groups in total. The van der Waals surface area contributed by atoms with E-state index in [0.29, 0.717) is 22.8 Å². The largest absolute Gasteiger partial charge is 0.493 e. The lowest BCUT2D eigenvalue weighted by atomic mass is 9.86. The van der Waals surface area contributed by atoms with Crippen molar-refractivity contribution in [1.29, 1.82) is 0 Å². The number of aliphatic hydroxyl groups is 1. The third-order valence-electron chi connectivity index (χ3n) is 4.67. The number of ether oxygens (including phenoxy) is 5. The molecule has 1 aromatic carbocycles. The quantitative estimate of drug-likeness (QED) is 0.680. The lowest BCUT2D eigenvalue weighted by Gasteiger charge is -2.27. The van der Waals surface area contributed by atoms with Crippen molar-refractivity contribution in [2.75, 3.05) is 20.5 Å². The summed E-state index contributed by atoms with van der Waals surface area (Å²) in [5, 5.41) is 9.48. The molecule has 4 rings (SSSR count). The lowest BCUT2D eigenvalue weighted by Crippen LogP contribution is -2.30. The van der Waals surface area contributed by atoms with Gasteiger partial charge in [0, 0.05) is 6.07 Å². The van der Waals surface area contributed by atoms with Gasteiger partial charge in [0.05, 0.1) is 19.6 Å². The summed E-state index contributed by atoms with van der Waals surface area (Å²) in [5.41, 5.74) is 5.87. The molecule has 0 spiro atoms. The van der Waals surface area contributed by atoms with E-state index in [1.807, 2.05) is 0 Å². The van der Waals surface area contributed by atoms with Crippen LogP contribution in [-0.2, 0) is 16.1 Å². The number of aliphatic hydroxyl groups excluding tert-OH is 1. The Labute approximate surface area is 170 Å². The highest BCUT2D eigenvalue weighted by atomic mass is 16.7. The molecule has 0 bridgehead atoms. The first-order valence-corrected chi connectivity index (χ1v) is 9.08. The molecule has 2 aromatic rings. The molecule has 0 amide bonds. The van der Waals surface area contributed by atoms with Gasteiger partial charge in [0.1, 0.15) is 17.9 Å². The maximum atomic E-state index is 12.7. The molecular formula is C20H19NO9. The van der Waals surface area contributed by atoms with Crippen molar-refractivity contribution in [3.8, 4) is 23.0 Å². The zero-order chi connectivity index (χ0) is 21.4. The number of fused-ring (bicyclic) bond motifs is 2. The highest BCUT2D eigenvalue weighted by Crippen LogP contribution is 2.48. The summed E-state index contributed by atoms with van der Waals surface area (Å²) in [6.07, 6.45) is 0. The number of nitrogens with two attached hydrogens (primary N) is 1. The predicted octanol–water partition coefficient (Wildman–Crippen LogP) is 1.13. The van der Waals surface area contributed by atoms with Gasteiger partial charge in [-0.1, -0.05) is 0 Å². The van der Waals surface area contributed by atoms with Crippen molar-refractivity contribution in [1.82, 2.24) is 0 Å². The summed E-state index contributed by atoms with van der Waals surface area (Å²) in [6.45, 7) is 1.23. The highest BCUT2D eigenvalue weighted by molar-refractivity contribution is 5.92. The Kier molecular flexibility index (Phi) is 5.00. The Hall–Kier alpha value is -3.66. The third-order valence-corrected chi connectivity index (χ3v) is 4.67. The van der Waals surface area contributed by atoms with Crippen molar-refractivity contribution in [2.24, 2.45) is 5.73 Å². The zero-order valence-corrected chi connectivity index (χ0v) is 16.2. The standard InChI is InChI=1S/C20H19NO9/c1-3-26-20(24)15-14(9-4-12(25-2)17-13(5-9)27-8-28-17)18-16(30-19(15)21)11(23)6-10(7-22)29-18/h4-6,14,22H,3,7-8,21H2,1-2H3/t14-/m1/s1. The number of carbonyl (C=O) groups is 1. The van der Waals surface area contributed by atoms with Gasteiger partial charge in [-0.2, -0.15) is 0 Å². The van der Waals surface area contributed by atoms with Gasteiger partial charge >= 0.3 is 5.97 Å². The second-order valence-electron chi connectivity index (χ2n) is 6.42. The van der Waals surface area contributed by atoms with E-state index in [0.717, 1.165) is 6.07 Å². The Balaban J connectivity index is 1.98. The van der Waals surface area contributed by atoms with Gasteiger partial charge < -0.3 is 38.9 Å². The van der Waals surface area contributed by atoms with Gasteiger partial charge in [0.25, 0.3) is 0 Å². The van der Waals surface area contributed by atoms with Crippen LogP contribution >= 0.6 is 0 Å². The van der Waals surface area contributed by atoms with E-state index in [4.69, 9.17) is 33.8 Å². The van der Waals surface area contributed by atoms with Gasteiger partial charge in [0.15, 0.2) is 17.3 Å². The molecule has 3 heterocycles. The topological polar surface area (TPSA) is 140 Å². The minimum absolute atomic E-state index is 0.00346. The first-order chi connectivity index (χ1) is 14.5. The zero-order valence-electron chi connectivity index (χ0n) is 16.2. The van der Waals surface area contributed by atoms with Gasteiger partial charge in [-0.25, -0.2) is 4.79 Å². The fourth-order valence-corrected chi connectivity index (χ4v) is 3.42. The summed E-state index contributed by atoms with van der Waals surface area (Å²) >= 11 is 0. The molecule has 1 atom stereocenters. The Morgan fingerprint density at radius 3 is 2.77 bits per heavy atom. The molecule has 0 saturated heterocycles. The van der Waals surface area contributed by atoms with E-state index in [2.05, 4.69) is 0 Å². The van der Waals surface area contributed by atoms with Crippen molar-refractivity contribution >= 4 is 5.97 Å². The van der Waals surface area contributed by atoms with Crippen LogP contribution in [-0.4, -0.2) is 31.6 Å². The van der Waals surface area contributed by atoms with E-state index in [1.165, 1.54) is 7.11 Å². The molecule has 158 valence electrons. The second kappa shape index (κ2) is 7.64. The van der Waals surface area contributed by atoms with Gasteiger partial charge in [-0.05, 0) is 24.6 Å². The van der Waals surface area contributed by atoms with Crippen LogP contribution in [0.15, 0.2) is 38.9 Å². The van der Waals surface area contributed by atoms with Crippen molar-refractivity contribution < 1.29 is 38.0 Å². The number of methoxy groups -OCH3 is 1. The number of rotatable bonds is 5. The van der Waals surface area contributed by atoms with Gasteiger partial charge in [-0.3, -0.25) is 4.79 Å². The number of esters is 1. The van der Waals surface area contributed by atoms with Gasteiger partial charge in [-0.15, -0.1) is 0 Å². The molecule has 0 aliphatic carbocycles. The van der Waals surface area contributed by atoms with Crippen LogP contribution in [0.25, 0.3) is 0 Å². The molecule has 2 aliphatic rings. The Bertz CT molecular complexity index is 1100. The van der Waals surface area contributed by atoms with Crippen LogP contribution in [0.1, 0.15) is 29.9 Å². The van der Waals surface area contributed by atoms with Crippen LogP contribution < -0.4 is 30.1 Å². The fraction of sp³-hybridized carbons (Fsp3) is 0.300. The van der Waals surface area contributed by atoms with E-state index >= 15 is 0 Å². The van der Waals surface area contributed by atoms with Crippen LogP contribution in [0.4, 0.5) is 0 Å². The smallest absolute Gasteiger partial charge is 0.340 e.